The quantitative estimate of drug-likeness (QED) is 0.836. The van der Waals surface area contributed by atoms with E-state index >= 15 is 0 Å². The van der Waals surface area contributed by atoms with Crippen molar-refractivity contribution in [2.45, 2.75) is 19.8 Å². The number of ether oxygens (including phenoxy) is 2. The number of nitrogens with one attached hydrogen (secondary N) is 1. The number of carbonyl (C=O) groups excluding carboxylic acids is 1. The van der Waals surface area contributed by atoms with Crippen molar-refractivity contribution < 1.29 is 14.3 Å². The molecule has 0 unspecified atom stereocenters. The number of nitrogens with zero attached hydrogens (tertiary/aromatic N) is 1. The number of piperidine rings is 1. The van der Waals surface area contributed by atoms with Gasteiger partial charge < -0.3 is 19.7 Å². The highest BCUT2D eigenvalue weighted by molar-refractivity contribution is 5.77. The van der Waals surface area contributed by atoms with Crippen molar-refractivity contribution in [2.75, 3.05) is 39.9 Å². The lowest BCUT2D eigenvalue weighted by Crippen LogP contribution is -2.42. The second kappa shape index (κ2) is 8.63. The van der Waals surface area contributed by atoms with E-state index in [0.717, 1.165) is 38.2 Å². The molecule has 0 aliphatic carbocycles. The summed E-state index contributed by atoms with van der Waals surface area (Å²) in [5.74, 6) is 2.26. The summed E-state index contributed by atoms with van der Waals surface area (Å²) >= 11 is 0. The first-order chi connectivity index (χ1) is 10.7. The van der Waals surface area contributed by atoms with E-state index in [0.29, 0.717) is 18.3 Å². The summed E-state index contributed by atoms with van der Waals surface area (Å²) in [5.41, 5.74) is 0. The molecule has 122 valence electrons. The molecule has 1 aromatic rings. The number of rotatable bonds is 7. The van der Waals surface area contributed by atoms with Crippen molar-refractivity contribution in [3.05, 3.63) is 24.3 Å². The minimum Gasteiger partial charge on any atom is -0.494 e. The third kappa shape index (κ3) is 4.91. The molecule has 0 saturated carbocycles. The largest absolute Gasteiger partial charge is 0.494 e. The van der Waals surface area contributed by atoms with Crippen molar-refractivity contribution in [2.24, 2.45) is 5.92 Å². The highest BCUT2D eigenvalue weighted by Crippen LogP contribution is 2.19. The van der Waals surface area contributed by atoms with E-state index in [1.807, 2.05) is 43.1 Å². The lowest BCUT2D eigenvalue weighted by molar-refractivity contribution is -0.134. The summed E-state index contributed by atoms with van der Waals surface area (Å²) in [6.07, 6.45) is 2.13. The average molecular weight is 306 g/mol. The topological polar surface area (TPSA) is 50.8 Å². The first-order valence-electron chi connectivity index (χ1n) is 8.01. The number of amides is 1. The highest BCUT2D eigenvalue weighted by Gasteiger charge is 2.22. The molecular formula is C17H26N2O3. The lowest BCUT2D eigenvalue weighted by Gasteiger charge is -2.31. The van der Waals surface area contributed by atoms with E-state index in [9.17, 15) is 4.79 Å². The van der Waals surface area contributed by atoms with Gasteiger partial charge in [-0.2, -0.15) is 0 Å². The summed E-state index contributed by atoms with van der Waals surface area (Å²) < 4.78 is 10.9. The molecule has 1 N–H and O–H groups in total. The Morgan fingerprint density at radius 2 is 1.77 bits per heavy atom. The fraction of sp³-hybridized carbons (Fsp3) is 0.588. The van der Waals surface area contributed by atoms with Gasteiger partial charge in [-0.3, -0.25) is 4.79 Å². The maximum atomic E-state index is 12.2. The Morgan fingerprint density at radius 1 is 1.18 bits per heavy atom. The van der Waals surface area contributed by atoms with Gasteiger partial charge in [0.05, 0.1) is 6.61 Å². The molecule has 0 bridgehead atoms. The SMILES string of the molecule is CCOc1ccc(OCC(=O)N2CCC(CNC)CC2)cc1. The van der Waals surface area contributed by atoms with E-state index < -0.39 is 0 Å². The maximum absolute atomic E-state index is 12.2. The first kappa shape index (κ1) is 16.6. The van der Waals surface area contributed by atoms with Crippen LogP contribution in [0.4, 0.5) is 0 Å². The van der Waals surface area contributed by atoms with Crippen LogP contribution in [0.3, 0.4) is 0 Å². The predicted octanol–water partition coefficient (Wildman–Crippen LogP) is 1.92. The molecular weight excluding hydrogens is 280 g/mol. The first-order valence-corrected chi connectivity index (χ1v) is 8.01. The molecule has 1 heterocycles. The number of benzene rings is 1. The van der Waals surface area contributed by atoms with Gasteiger partial charge in [0.15, 0.2) is 6.61 Å². The molecule has 1 fully saturated rings. The summed E-state index contributed by atoms with van der Waals surface area (Å²) in [6.45, 7) is 5.38. The Morgan fingerprint density at radius 3 is 2.32 bits per heavy atom. The van der Waals surface area contributed by atoms with Crippen LogP contribution in [0.2, 0.25) is 0 Å². The summed E-state index contributed by atoms with van der Waals surface area (Å²) in [6, 6.07) is 7.37. The Bertz CT molecular complexity index is 453. The zero-order chi connectivity index (χ0) is 15.8. The number of hydrogen-bond acceptors (Lipinski definition) is 4. The van der Waals surface area contributed by atoms with Crippen LogP contribution >= 0.6 is 0 Å². The zero-order valence-electron chi connectivity index (χ0n) is 13.5. The Balaban J connectivity index is 1.73. The maximum Gasteiger partial charge on any atom is 0.260 e. The van der Waals surface area contributed by atoms with Crippen molar-refractivity contribution in [1.82, 2.24) is 10.2 Å². The minimum absolute atomic E-state index is 0.0665. The van der Waals surface area contributed by atoms with Crippen molar-refractivity contribution in [3.63, 3.8) is 0 Å². The lowest BCUT2D eigenvalue weighted by atomic mass is 9.97. The molecule has 0 spiro atoms. The summed E-state index contributed by atoms with van der Waals surface area (Å²) in [4.78, 5) is 14.1. The van der Waals surface area contributed by atoms with Gasteiger partial charge in [0.1, 0.15) is 11.5 Å². The molecule has 0 atom stereocenters. The third-order valence-corrected chi connectivity index (χ3v) is 3.96. The monoisotopic (exact) mass is 306 g/mol. The van der Waals surface area contributed by atoms with Gasteiger partial charge in [-0.05, 0) is 63.5 Å². The van der Waals surface area contributed by atoms with Crippen molar-refractivity contribution >= 4 is 5.91 Å². The van der Waals surface area contributed by atoms with Gasteiger partial charge in [-0.25, -0.2) is 0 Å². The van der Waals surface area contributed by atoms with Crippen LogP contribution in [0.25, 0.3) is 0 Å². The molecule has 22 heavy (non-hydrogen) atoms. The van der Waals surface area contributed by atoms with Gasteiger partial charge in [0.2, 0.25) is 0 Å². The minimum atomic E-state index is 0.0665. The normalized spacial score (nSPS) is 15.6. The van der Waals surface area contributed by atoms with Crippen LogP contribution < -0.4 is 14.8 Å². The molecule has 1 aliphatic rings. The Kier molecular flexibility index (Phi) is 6.52. The van der Waals surface area contributed by atoms with Gasteiger partial charge in [0, 0.05) is 13.1 Å². The van der Waals surface area contributed by atoms with E-state index in [1.165, 1.54) is 0 Å². The number of hydrogen-bond donors (Lipinski definition) is 1. The van der Waals surface area contributed by atoms with Gasteiger partial charge in [-0.15, -0.1) is 0 Å². The van der Waals surface area contributed by atoms with Crippen LogP contribution in [-0.2, 0) is 4.79 Å². The number of likely N-dealkylation sites (tertiary alicyclic amines) is 1. The molecule has 1 aromatic carbocycles. The van der Waals surface area contributed by atoms with Crippen LogP contribution in [0.5, 0.6) is 11.5 Å². The summed E-state index contributed by atoms with van der Waals surface area (Å²) in [5, 5.41) is 3.20. The second-order valence-corrected chi connectivity index (χ2v) is 5.57. The Labute approximate surface area is 132 Å². The number of carbonyl (C=O) groups is 1. The highest BCUT2D eigenvalue weighted by atomic mass is 16.5. The van der Waals surface area contributed by atoms with Crippen LogP contribution in [0, 0.1) is 5.92 Å². The second-order valence-electron chi connectivity index (χ2n) is 5.57. The molecule has 2 rings (SSSR count). The standard InChI is InChI=1S/C17H26N2O3/c1-3-21-15-4-6-16(7-5-15)22-13-17(20)19-10-8-14(9-11-19)12-18-2/h4-7,14,18H,3,8-13H2,1-2H3. The average Bonchev–Trinajstić information content (AvgIpc) is 2.55. The van der Waals surface area contributed by atoms with Crippen LogP contribution in [-0.4, -0.2) is 50.7 Å². The van der Waals surface area contributed by atoms with Gasteiger partial charge >= 0.3 is 0 Å². The third-order valence-electron chi connectivity index (χ3n) is 3.96. The fourth-order valence-corrected chi connectivity index (χ4v) is 2.71. The summed E-state index contributed by atoms with van der Waals surface area (Å²) in [7, 11) is 1.97. The zero-order valence-corrected chi connectivity index (χ0v) is 13.5. The molecule has 5 heteroatoms. The van der Waals surface area contributed by atoms with Crippen molar-refractivity contribution in [3.8, 4) is 11.5 Å². The van der Waals surface area contributed by atoms with Crippen LogP contribution in [0.15, 0.2) is 24.3 Å². The molecule has 1 saturated heterocycles. The molecule has 0 radical (unpaired) electrons. The van der Waals surface area contributed by atoms with E-state index in [1.54, 1.807) is 0 Å². The van der Waals surface area contributed by atoms with E-state index in [4.69, 9.17) is 9.47 Å². The van der Waals surface area contributed by atoms with E-state index in [2.05, 4.69) is 5.32 Å². The molecule has 5 nitrogen and oxygen atoms in total. The molecule has 0 aromatic heterocycles. The van der Waals surface area contributed by atoms with Crippen LogP contribution in [0.1, 0.15) is 19.8 Å². The van der Waals surface area contributed by atoms with E-state index in [-0.39, 0.29) is 12.5 Å². The van der Waals surface area contributed by atoms with Crippen molar-refractivity contribution in [1.29, 1.82) is 0 Å². The van der Waals surface area contributed by atoms with Gasteiger partial charge in [-0.1, -0.05) is 0 Å². The smallest absolute Gasteiger partial charge is 0.260 e. The predicted molar refractivity (Wildman–Crippen MR) is 86.3 cm³/mol. The Hall–Kier alpha value is -1.75. The van der Waals surface area contributed by atoms with Gasteiger partial charge in [0.25, 0.3) is 5.91 Å². The molecule has 1 aliphatic heterocycles. The fourth-order valence-electron chi connectivity index (χ4n) is 2.71. The molecule has 1 amide bonds.